The summed E-state index contributed by atoms with van der Waals surface area (Å²) in [5.74, 6) is -2.78. The standard InChI is InChI=1S/C21H29N3O3S2.C2HF3O2/c25-21(18-20-9-5-16-28-20)23(12-4-8-19-6-2-1-3-7-19)15-17-29(26,27)24-13-10-22-11-14-24;3-2(4,5)1(6)7/h1-3,5-7,9,16,22H,4,8,10-15,17-18H2;(H,6,7). The molecule has 0 spiro atoms. The van der Waals surface area contributed by atoms with Crippen LogP contribution in [0, 0.1) is 0 Å². The number of carboxylic acids is 1. The summed E-state index contributed by atoms with van der Waals surface area (Å²) in [7, 11) is -3.35. The van der Waals surface area contributed by atoms with E-state index in [1.807, 2.05) is 35.7 Å². The van der Waals surface area contributed by atoms with Crippen LogP contribution in [0.1, 0.15) is 16.9 Å². The Morgan fingerprint density at radius 3 is 2.25 bits per heavy atom. The van der Waals surface area contributed by atoms with Gasteiger partial charge in [-0.2, -0.15) is 17.5 Å². The molecule has 200 valence electrons. The van der Waals surface area contributed by atoms with Gasteiger partial charge >= 0.3 is 12.1 Å². The van der Waals surface area contributed by atoms with Crippen molar-refractivity contribution in [2.24, 2.45) is 0 Å². The molecule has 1 aliphatic heterocycles. The van der Waals surface area contributed by atoms with E-state index in [0.29, 0.717) is 39.1 Å². The third kappa shape index (κ3) is 10.6. The maximum atomic E-state index is 12.9. The predicted octanol–water partition coefficient (Wildman–Crippen LogP) is 2.62. The predicted molar refractivity (Wildman–Crippen MR) is 131 cm³/mol. The van der Waals surface area contributed by atoms with E-state index in [1.165, 1.54) is 9.87 Å². The van der Waals surface area contributed by atoms with Gasteiger partial charge in [0.2, 0.25) is 15.9 Å². The second-order valence-corrected chi connectivity index (χ2v) is 11.1. The van der Waals surface area contributed by atoms with Gasteiger partial charge in [0.05, 0.1) is 12.2 Å². The average Bonchev–Trinajstić information content (AvgIpc) is 3.35. The number of carbonyl (C=O) groups excluding carboxylic acids is 1. The van der Waals surface area contributed by atoms with Gasteiger partial charge in [-0.15, -0.1) is 11.3 Å². The summed E-state index contributed by atoms with van der Waals surface area (Å²) >= 11 is 1.55. The van der Waals surface area contributed by atoms with E-state index in [0.717, 1.165) is 17.7 Å². The van der Waals surface area contributed by atoms with Crippen LogP contribution in [0.25, 0.3) is 0 Å². The molecule has 36 heavy (non-hydrogen) atoms. The monoisotopic (exact) mass is 549 g/mol. The summed E-state index contributed by atoms with van der Waals surface area (Å²) in [6, 6.07) is 14.0. The number of carbonyl (C=O) groups is 2. The van der Waals surface area contributed by atoms with Crippen LogP contribution in [0.3, 0.4) is 0 Å². The normalized spacial score (nSPS) is 14.5. The van der Waals surface area contributed by atoms with Crippen LogP contribution >= 0.6 is 11.3 Å². The minimum Gasteiger partial charge on any atom is -0.475 e. The number of hydrogen-bond acceptors (Lipinski definition) is 6. The van der Waals surface area contributed by atoms with Gasteiger partial charge in [0.15, 0.2) is 0 Å². The summed E-state index contributed by atoms with van der Waals surface area (Å²) in [6.07, 6.45) is -3.07. The van der Waals surface area contributed by atoms with Gasteiger partial charge in [0, 0.05) is 44.1 Å². The van der Waals surface area contributed by atoms with Crippen LogP contribution in [0.5, 0.6) is 0 Å². The van der Waals surface area contributed by atoms with Crippen molar-refractivity contribution in [1.29, 1.82) is 0 Å². The van der Waals surface area contributed by atoms with E-state index in [9.17, 15) is 26.4 Å². The van der Waals surface area contributed by atoms with Crippen molar-refractivity contribution < 1.29 is 36.3 Å². The highest BCUT2D eigenvalue weighted by Crippen LogP contribution is 2.14. The van der Waals surface area contributed by atoms with E-state index < -0.39 is 22.2 Å². The highest BCUT2D eigenvalue weighted by molar-refractivity contribution is 7.89. The first-order valence-corrected chi connectivity index (χ1v) is 13.8. The van der Waals surface area contributed by atoms with Gasteiger partial charge in [-0.25, -0.2) is 13.2 Å². The number of sulfonamides is 1. The third-order valence-electron chi connectivity index (χ3n) is 5.33. The van der Waals surface area contributed by atoms with Crippen molar-refractivity contribution in [1.82, 2.24) is 14.5 Å². The summed E-state index contributed by atoms with van der Waals surface area (Å²) in [4.78, 5) is 24.5. The van der Waals surface area contributed by atoms with E-state index in [2.05, 4.69) is 17.4 Å². The van der Waals surface area contributed by atoms with Crippen molar-refractivity contribution in [3.63, 3.8) is 0 Å². The molecule has 0 atom stereocenters. The second-order valence-electron chi connectivity index (χ2n) is 7.99. The lowest BCUT2D eigenvalue weighted by molar-refractivity contribution is -0.192. The topological polar surface area (TPSA) is 107 Å². The summed E-state index contributed by atoms with van der Waals surface area (Å²) in [5.41, 5.74) is 1.23. The van der Waals surface area contributed by atoms with Gasteiger partial charge in [-0.3, -0.25) is 4.79 Å². The number of amides is 1. The average molecular weight is 550 g/mol. The maximum absolute atomic E-state index is 12.9. The molecule has 0 saturated carbocycles. The van der Waals surface area contributed by atoms with Gasteiger partial charge < -0.3 is 15.3 Å². The molecule has 3 rings (SSSR count). The number of carboxylic acid groups (broad SMARTS) is 1. The lowest BCUT2D eigenvalue weighted by Gasteiger charge is -2.28. The Hall–Kier alpha value is -2.48. The smallest absolute Gasteiger partial charge is 0.475 e. The Kier molecular flexibility index (Phi) is 11.8. The van der Waals surface area contributed by atoms with Gasteiger partial charge in [0.25, 0.3) is 0 Å². The van der Waals surface area contributed by atoms with Crippen LogP contribution in [0.2, 0.25) is 0 Å². The Labute approximate surface area is 212 Å². The molecule has 1 aromatic carbocycles. The van der Waals surface area contributed by atoms with Crippen molar-refractivity contribution >= 4 is 33.2 Å². The Morgan fingerprint density at radius 1 is 1.06 bits per heavy atom. The van der Waals surface area contributed by atoms with Crippen LogP contribution in [-0.2, 0) is 32.5 Å². The summed E-state index contributed by atoms with van der Waals surface area (Å²) in [6.45, 7) is 3.16. The molecule has 0 radical (unpaired) electrons. The SMILES string of the molecule is O=C(Cc1cccs1)N(CCCc1ccccc1)CCS(=O)(=O)N1CCNCC1.O=C(O)C(F)(F)F. The fraction of sp³-hybridized carbons (Fsp3) is 0.478. The molecule has 0 unspecified atom stereocenters. The van der Waals surface area contributed by atoms with Gasteiger partial charge in [-0.1, -0.05) is 36.4 Å². The largest absolute Gasteiger partial charge is 0.490 e. The van der Waals surface area contributed by atoms with E-state index in [4.69, 9.17) is 9.90 Å². The number of thiophene rings is 1. The minimum atomic E-state index is -5.08. The Balaban J connectivity index is 0.000000572. The number of hydrogen-bond donors (Lipinski definition) is 2. The molecule has 0 bridgehead atoms. The first-order chi connectivity index (χ1) is 17.0. The number of benzene rings is 1. The number of aryl methyl sites for hydroxylation is 1. The Bertz CT molecular complexity index is 1040. The fourth-order valence-electron chi connectivity index (χ4n) is 3.43. The molecule has 1 aliphatic rings. The minimum absolute atomic E-state index is 0.00368. The number of halogens is 3. The van der Waals surface area contributed by atoms with E-state index in [-0.39, 0.29) is 18.2 Å². The molecule has 1 aromatic heterocycles. The van der Waals surface area contributed by atoms with Gasteiger partial charge in [0.1, 0.15) is 0 Å². The van der Waals surface area contributed by atoms with Crippen molar-refractivity contribution in [2.45, 2.75) is 25.4 Å². The van der Waals surface area contributed by atoms with Crippen LogP contribution < -0.4 is 5.32 Å². The zero-order valence-corrected chi connectivity index (χ0v) is 21.2. The van der Waals surface area contributed by atoms with Crippen LogP contribution in [0.15, 0.2) is 47.8 Å². The van der Waals surface area contributed by atoms with Gasteiger partial charge in [-0.05, 0) is 29.9 Å². The molecule has 1 saturated heterocycles. The molecule has 1 amide bonds. The van der Waals surface area contributed by atoms with Crippen LogP contribution in [-0.4, -0.2) is 85.8 Å². The van der Waals surface area contributed by atoms with Crippen molar-refractivity contribution in [2.75, 3.05) is 45.0 Å². The second kappa shape index (κ2) is 14.3. The number of piperazine rings is 1. The van der Waals surface area contributed by atoms with Crippen molar-refractivity contribution in [3.05, 3.63) is 58.3 Å². The number of rotatable bonds is 10. The quantitative estimate of drug-likeness (QED) is 0.472. The van der Waals surface area contributed by atoms with E-state index >= 15 is 0 Å². The molecule has 2 aromatic rings. The molecular formula is C23H30F3N3O5S2. The maximum Gasteiger partial charge on any atom is 0.490 e. The Morgan fingerprint density at radius 2 is 1.69 bits per heavy atom. The van der Waals surface area contributed by atoms with E-state index in [1.54, 1.807) is 16.2 Å². The highest BCUT2D eigenvalue weighted by Gasteiger charge is 2.38. The molecular weight excluding hydrogens is 519 g/mol. The lowest BCUT2D eigenvalue weighted by atomic mass is 10.1. The first-order valence-electron chi connectivity index (χ1n) is 11.3. The summed E-state index contributed by atoms with van der Waals surface area (Å²) < 4.78 is 58.6. The molecule has 1 fully saturated rings. The van der Waals surface area contributed by atoms with Crippen LogP contribution in [0.4, 0.5) is 13.2 Å². The summed E-state index contributed by atoms with van der Waals surface area (Å²) in [5, 5.41) is 12.2. The molecule has 0 aliphatic carbocycles. The molecule has 2 heterocycles. The number of nitrogens with one attached hydrogen (secondary N) is 1. The van der Waals surface area contributed by atoms with Crippen molar-refractivity contribution in [3.8, 4) is 0 Å². The molecule has 8 nitrogen and oxygen atoms in total. The first kappa shape index (κ1) is 29.7. The zero-order chi connectivity index (χ0) is 26.6. The number of alkyl halides is 3. The molecule has 2 N–H and O–H groups in total. The number of nitrogens with zero attached hydrogens (tertiary/aromatic N) is 2. The molecule has 13 heteroatoms. The fourth-order valence-corrected chi connectivity index (χ4v) is 5.58. The third-order valence-corrected chi connectivity index (χ3v) is 8.05. The highest BCUT2D eigenvalue weighted by atomic mass is 32.2. The zero-order valence-electron chi connectivity index (χ0n) is 19.6. The lowest BCUT2D eigenvalue weighted by Crippen LogP contribution is -2.48. The number of aliphatic carboxylic acids is 1.